The lowest BCUT2D eigenvalue weighted by Crippen LogP contribution is -2.42. The molecule has 2 heterocycles. The van der Waals surface area contributed by atoms with Gasteiger partial charge in [0.25, 0.3) is 0 Å². The molecule has 0 amide bonds. The van der Waals surface area contributed by atoms with Gasteiger partial charge in [-0.2, -0.15) is 0 Å². The van der Waals surface area contributed by atoms with Gasteiger partial charge in [-0.15, -0.1) is 0 Å². The highest BCUT2D eigenvalue weighted by atomic mass is 35.5. The number of anilines is 1. The molecule has 1 atom stereocenters. The molecule has 0 bridgehead atoms. The number of fused-ring (bicyclic) bond motifs is 2. The molecule has 1 fully saturated rings. The number of hydrogen-bond acceptors (Lipinski definition) is 4. The number of methoxy groups -OCH3 is 1. The number of likely N-dealkylation sites (tertiary alicyclic amines) is 1. The Kier molecular flexibility index (Phi) is 4.96. The van der Waals surface area contributed by atoms with Gasteiger partial charge in [0.05, 0.1) is 7.11 Å². The van der Waals surface area contributed by atoms with Crippen LogP contribution in [0.4, 0.5) is 5.69 Å². The quantitative estimate of drug-likeness (QED) is 0.703. The number of ether oxygens (including phenoxy) is 2. The van der Waals surface area contributed by atoms with Crippen LogP contribution in [0.1, 0.15) is 30.9 Å². The number of hydrogen-bond donors (Lipinski definition) is 1. The van der Waals surface area contributed by atoms with Crippen molar-refractivity contribution in [3.05, 3.63) is 46.5 Å². The topological polar surface area (TPSA) is 33.7 Å². The molecule has 2 aliphatic heterocycles. The minimum atomic E-state index is 0.448. The summed E-state index contributed by atoms with van der Waals surface area (Å²) in [6.45, 7) is 5.60. The van der Waals surface area contributed by atoms with Crippen LogP contribution in [0.5, 0.6) is 17.2 Å². The van der Waals surface area contributed by atoms with E-state index < -0.39 is 0 Å². The van der Waals surface area contributed by atoms with Gasteiger partial charge in [-0.3, -0.25) is 0 Å². The Morgan fingerprint density at radius 1 is 1.27 bits per heavy atom. The van der Waals surface area contributed by atoms with Gasteiger partial charge in [0.1, 0.15) is 17.2 Å². The maximum Gasteiger partial charge on any atom is 0.134 e. The highest BCUT2D eigenvalue weighted by Gasteiger charge is 2.24. The van der Waals surface area contributed by atoms with Crippen molar-refractivity contribution in [2.75, 3.05) is 32.1 Å². The lowest BCUT2D eigenvalue weighted by atomic mass is 9.97. The lowest BCUT2D eigenvalue weighted by Gasteiger charge is -2.34. The Morgan fingerprint density at radius 3 is 2.96 bits per heavy atom. The van der Waals surface area contributed by atoms with Crippen molar-refractivity contribution in [1.82, 2.24) is 4.90 Å². The Bertz CT molecular complexity index is 809. The van der Waals surface area contributed by atoms with Crippen LogP contribution in [0.2, 0.25) is 5.02 Å². The molecular formula is C21H25ClN2O2. The van der Waals surface area contributed by atoms with E-state index in [1.807, 2.05) is 24.3 Å². The normalized spacial score (nSPS) is 19.3. The molecule has 0 saturated carbocycles. The summed E-state index contributed by atoms with van der Waals surface area (Å²) in [6, 6.07) is 10.4. The van der Waals surface area contributed by atoms with E-state index in [1.165, 1.54) is 30.5 Å². The zero-order valence-electron chi connectivity index (χ0n) is 15.3. The number of halogens is 1. The molecule has 138 valence electrons. The molecule has 1 N–H and O–H groups in total. The molecule has 0 aliphatic carbocycles. The summed E-state index contributed by atoms with van der Waals surface area (Å²) >= 11 is 6.39. The van der Waals surface area contributed by atoms with Crippen LogP contribution in [-0.2, 0) is 6.42 Å². The van der Waals surface area contributed by atoms with Crippen molar-refractivity contribution in [2.45, 2.75) is 32.2 Å². The molecule has 0 spiro atoms. The second kappa shape index (κ2) is 7.37. The van der Waals surface area contributed by atoms with Crippen molar-refractivity contribution >= 4 is 17.3 Å². The average Bonchev–Trinajstić information content (AvgIpc) is 2.66. The van der Waals surface area contributed by atoms with Crippen molar-refractivity contribution in [3.8, 4) is 17.2 Å². The lowest BCUT2D eigenvalue weighted by molar-refractivity contribution is 0.227. The fourth-order valence-electron chi connectivity index (χ4n) is 3.91. The second-order valence-corrected chi connectivity index (χ2v) is 7.50. The number of likely N-dealkylation sites (N-methyl/N-ethyl adjacent to an activating group) is 1. The number of piperidine rings is 1. The fraction of sp³-hybridized carbons (Fsp3) is 0.429. The van der Waals surface area contributed by atoms with Crippen LogP contribution in [0.3, 0.4) is 0 Å². The molecule has 5 heteroatoms. The number of nitrogens with one attached hydrogen (secondary N) is 1. The third-order valence-electron chi connectivity index (χ3n) is 5.35. The van der Waals surface area contributed by atoms with Gasteiger partial charge in [-0.05, 0) is 49.7 Å². The molecule has 0 radical (unpaired) electrons. The Labute approximate surface area is 160 Å². The highest BCUT2D eigenvalue weighted by molar-refractivity contribution is 6.31. The Morgan fingerprint density at radius 2 is 2.15 bits per heavy atom. The van der Waals surface area contributed by atoms with Crippen LogP contribution >= 0.6 is 11.6 Å². The van der Waals surface area contributed by atoms with Gasteiger partial charge in [0, 0.05) is 41.3 Å². The van der Waals surface area contributed by atoms with E-state index in [1.54, 1.807) is 7.11 Å². The van der Waals surface area contributed by atoms with E-state index in [0.29, 0.717) is 11.1 Å². The molecule has 2 aliphatic rings. The van der Waals surface area contributed by atoms with Crippen LogP contribution in [0.25, 0.3) is 0 Å². The predicted octanol–water partition coefficient (Wildman–Crippen LogP) is 4.94. The van der Waals surface area contributed by atoms with Crippen molar-refractivity contribution in [3.63, 3.8) is 0 Å². The summed E-state index contributed by atoms with van der Waals surface area (Å²) in [4.78, 5) is 2.50. The average molecular weight is 373 g/mol. The highest BCUT2D eigenvalue weighted by Crippen LogP contribution is 2.43. The molecule has 2 aromatic carbocycles. The first-order chi connectivity index (χ1) is 12.7. The summed E-state index contributed by atoms with van der Waals surface area (Å²) in [5.41, 5.74) is 3.44. The minimum Gasteiger partial charge on any atom is -0.497 e. The predicted molar refractivity (Wildman–Crippen MR) is 106 cm³/mol. The van der Waals surface area contributed by atoms with Crippen LogP contribution in [0, 0.1) is 0 Å². The van der Waals surface area contributed by atoms with Crippen LogP contribution in [0.15, 0.2) is 30.3 Å². The zero-order valence-corrected chi connectivity index (χ0v) is 16.1. The SMILES string of the molecule is CCN1CCCC(Nc2cc(Cl)cc3c2Cc2ccc(OC)cc2O3)C1. The van der Waals surface area contributed by atoms with Gasteiger partial charge in [-0.1, -0.05) is 24.6 Å². The van der Waals surface area contributed by atoms with Crippen molar-refractivity contribution in [1.29, 1.82) is 0 Å². The third kappa shape index (κ3) is 3.49. The monoisotopic (exact) mass is 372 g/mol. The third-order valence-corrected chi connectivity index (χ3v) is 5.57. The van der Waals surface area contributed by atoms with Crippen LogP contribution in [-0.4, -0.2) is 37.7 Å². The summed E-state index contributed by atoms with van der Waals surface area (Å²) in [7, 11) is 1.67. The molecule has 0 aromatic heterocycles. The Balaban J connectivity index is 1.61. The van der Waals surface area contributed by atoms with Gasteiger partial charge >= 0.3 is 0 Å². The van der Waals surface area contributed by atoms with E-state index in [-0.39, 0.29) is 0 Å². The first-order valence-corrected chi connectivity index (χ1v) is 9.70. The van der Waals surface area contributed by atoms with Gasteiger partial charge in [-0.25, -0.2) is 0 Å². The van der Waals surface area contributed by atoms with Gasteiger partial charge < -0.3 is 19.7 Å². The summed E-state index contributed by atoms with van der Waals surface area (Å²) in [5, 5.41) is 4.43. The van der Waals surface area contributed by atoms with E-state index in [0.717, 1.165) is 42.4 Å². The molecule has 1 unspecified atom stereocenters. The number of nitrogens with zero attached hydrogens (tertiary/aromatic N) is 1. The summed E-state index contributed by atoms with van der Waals surface area (Å²) in [6.07, 6.45) is 3.25. The molecule has 2 aromatic rings. The number of benzene rings is 2. The second-order valence-electron chi connectivity index (χ2n) is 7.06. The molecular weight excluding hydrogens is 348 g/mol. The van der Waals surface area contributed by atoms with Crippen molar-refractivity contribution < 1.29 is 9.47 Å². The summed E-state index contributed by atoms with van der Waals surface area (Å²) < 4.78 is 11.5. The van der Waals surface area contributed by atoms with Gasteiger partial charge in [0.2, 0.25) is 0 Å². The van der Waals surface area contributed by atoms with E-state index >= 15 is 0 Å². The largest absolute Gasteiger partial charge is 0.497 e. The number of rotatable bonds is 4. The molecule has 4 rings (SSSR count). The minimum absolute atomic E-state index is 0.448. The first kappa shape index (κ1) is 17.5. The molecule has 1 saturated heterocycles. The van der Waals surface area contributed by atoms with E-state index in [2.05, 4.69) is 23.2 Å². The van der Waals surface area contributed by atoms with Crippen molar-refractivity contribution in [2.24, 2.45) is 0 Å². The van der Waals surface area contributed by atoms with E-state index in [9.17, 15) is 0 Å². The Hall–Kier alpha value is -1.91. The standard InChI is InChI=1S/C21H25ClN2O2/c1-3-24-8-4-5-16(13-24)23-19-10-15(22)11-21-18(19)9-14-6-7-17(25-2)12-20(14)26-21/h6-7,10-12,16,23H,3-5,8-9,13H2,1-2H3. The van der Waals surface area contributed by atoms with E-state index in [4.69, 9.17) is 21.1 Å². The maximum atomic E-state index is 6.39. The smallest absolute Gasteiger partial charge is 0.134 e. The fourth-order valence-corrected chi connectivity index (χ4v) is 4.11. The van der Waals surface area contributed by atoms with Crippen LogP contribution < -0.4 is 14.8 Å². The first-order valence-electron chi connectivity index (χ1n) is 9.32. The summed E-state index contributed by atoms with van der Waals surface area (Å²) in [5.74, 6) is 2.48. The molecule has 4 nitrogen and oxygen atoms in total. The zero-order chi connectivity index (χ0) is 18.1. The molecule has 26 heavy (non-hydrogen) atoms. The van der Waals surface area contributed by atoms with Gasteiger partial charge in [0.15, 0.2) is 0 Å². The maximum absolute atomic E-state index is 6.39.